The molecule has 0 spiro atoms. The lowest BCUT2D eigenvalue weighted by atomic mass is 10.2. The largest absolute Gasteiger partial charge is 0.396 e. The van der Waals surface area contributed by atoms with E-state index in [-0.39, 0.29) is 12.6 Å². The summed E-state index contributed by atoms with van der Waals surface area (Å²) in [4.78, 5) is 0. The second-order valence-corrected chi connectivity index (χ2v) is 7.81. The second-order valence-electron chi connectivity index (χ2n) is 4.33. The second kappa shape index (κ2) is 6.38. The van der Waals surface area contributed by atoms with Gasteiger partial charge in [-0.3, -0.25) is 0 Å². The molecule has 0 bridgehead atoms. The van der Waals surface area contributed by atoms with E-state index in [1.54, 1.807) is 11.4 Å². The summed E-state index contributed by atoms with van der Waals surface area (Å²) >= 11 is 1.81. The van der Waals surface area contributed by atoms with Crippen molar-refractivity contribution in [3.8, 4) is 0 Å². The molecule has 17 heavy (non-hydrogen) atoms. The van der Waals surface area contributed by atoms with Crippen molar-refractivity contribution in [3.63, 3.8) is 0 Å². The van der Waals surface area contributed by atoms with E-state index in [0.29, 0.717) is 24.8 Å². The molecule has 2 unspecified atom stereocenters. The summed E-state index contributed by atoms with van der Waals surface area (Å²) in [5.41, 5.74) is 0. The highest BCUT2D eigenvalue weighted by atomic mass is 32.2. The topological polar surface area (TPSA) is 60.9 Å². The summed E-state index contributed by atoms with van der Waals surface area (Å²) in [6, 6.07) is 0.0235. The smallest absolute Gasteiger partial charge is 0.282 e. The molecule has 1 N–H and O–H groups in total. The minimum absolute atomic E-state index is 0.0155. The Balaban J connectivity index is 2.74. The highest BCUT2D eigenvalue weighted by Gasteiger charge is 2.35. The molecule has 0 aromatic heterocycles. The molecule has 0 amide bonds. The van der Waals surface area contributed by atoms with Gasteiger partial charge in [-0.2, -0.15) is 28.8 Å². The zero-order chi connectivity index (χ0) is 13.1. The van der Waals surface area contributed by atoms with Crippen LogP contribution in [0.15, 0.2) is 0 Å². The fourth-order valence-corrected chi connectivity index (χ4v) is 4.75. The molecule has 5 nitrogen and oxygen atoms in total. The fourth-order valence-electron chi connectivity index (χ4n) is 1.82. The number of nitrogens with zero attached hydrogens (tertiary/aromatic N) is 2. The summed E-state index contributed by atoms with van der Waals surface area (Å²) < 4.78 is 27.5. The molecule has 0 aliphatic carbocycles. The Kier molecular flexibility index (Phi) is 5.72. The van der Waals surface area contributed by atoms with Crippen molar-refractivity contribution in [1.82, 2.24) is 8.61 Å². The molecular formula is C10H22N2O3S2. The normalized spacial score (nSPS) is 27.6. The molecule has 1 fully saturated rings. The van der Waals surface area contributed by atoms with Crippen molar-refractivity contribution in [2.75, 3.05) is 32.5 Å². The van der Waals surface area contributed by atoms with E-state index in [9.17, 15) is 8.42 Å². The zero-order valence-corrected chi connectivity index (χ0v) is 12.3. The minimum atomic E-state index is -3.37. The SMILES string of the molecule is CC1SCCN(S(=O)(=O)N(C)CCCO)C1C. The number of hydrogen-bond donors (Lipinski definition) is 1. The van der Waals surface area contributed by atoms with Gasteiger partial charge in [-0.25, -0.2) is 0 Å². The Hall–Kier alpha value is 0.180. The number of hydrogen-bond acceptors (Lipinski definition) is 4. The van der Waals surface area contributed by atoms with Crippen LogP contribution >= 0.6 is 11.8 Å². The van der Waals surface area contributed by atoms with E-state index in [1.807, 2.05) is 18.7 Å². The van der Waals surface area contributed by atoms with Crippen molar-refractivity contribution in [3.05, 3.63) is 0 Å². The first kappa shape index (κ1) is 15.2. The maximum atomic E-state index is 12.3. The Morgan fingerprint density at radius 2 is 2.12 bits per heavy atom. The molecule has 0 saturated carbocycles. The first-order chi connectivity index (χ1) is 7.91. The summed E-state index contributed by atoms with van der Waals surface area (Å²) in [5.74, 6) is 0.846. The van der Waals surface area contributed by atoms with Crippen LogP contribution in [0.4, 0.5) is 0 Å². The summed E-state index contributed by atoms with van der Waals surface area (Å²) in [5, 5.41) is 9.07. The number of rotatable bonds is 5. The average Bonchev–Trinajstić information content (AvgIpc) is 2.29. The lowest BCUT2D eigenvalue weighted by Gasteiger charge is -2.38. The van der Waals surface area contributed by atoms with E-state index in [4.69, 9.17) is 5.11 Å². The molecule has 1 aliphatic heterocycles. The number of thioether (sulfide) groups is 1. The Morgan fingerprint density at radius 3 is 2.71 bits per heavy atom. The molecule has 0 aromatic rings. The van der Waals surface area contributed by atoms with Crippen LogP contribution in [0, 0.1) is 0 Å². The van der Waals surface area contributed by atoms with E-state index >= 15 is 0 Å². The molecule has 1 rings (SSSR count). The number of aliphatic hydroxyl groups excluding tert-OH is 1. The summed E-state index contributed by atoms with van der Waals surface area (Å²) in [6.45, 7) is 4.96. The predicted molar refractivity (Wildman–Crippen MR) is 71.3 cm³/mol. The minimum Gasteiger partial charge on any atom is -0.396 e. The standard InChI is InChI=1S/C10H22N2O3S2/c1-9-10(2)16-8-6-12(9)17(14,15)11(3)5-4-7-13/h9-10,13H,4-8H2,1-3H3. The summed E-state index contributed by atoms with van der Waals surface area (Å²) in [7, 11) is -1.80. The van der Waals surface area contributed by atoms with Gasteiger partial charge in [-0.1, -0.05) is 6.92 Å². The molecule has 102 valence electrons. The van der Waals surface area contributed by atoms with Gasteiger partial charge in [0.15, 0.2) is 0 Å². The van der Waals surface area contributed by atoms with Crippen LogP contribution in [0.1, 0.15) is 20.3 Å². The lowest BCUT2D eigenvalue weighted by molar-refractivity contribution is 0.265. The zero-order valence-electron chi connectivity index (χ0n) is 10.7. The maximum absolute atomic E-state index is 12.3. The third-order valence-corrected chi connectivity index (χ3v) is 6.56. The average molecular weight is 282 g/mol. The van der Waals surface area contributed by atoms with Gasteiger partial charge < -0.3 is 5.11 Å². The Morgan fingerprint density at radius 1 is 1.47 bits per heavy atom. The van der Waals surface area contributed by atoms with Crippen molar-refractivity contribution in [1.29, 1.82) is 0 Å². The Labute approximate surface area is 108 Å². The van der Waals surface area contributed by atoms with Gasteiger partial charge in [0.25, 0.3) is 10.2 Å². The molecule has 1 saturated heterocycles. The third kappa shape index (κ3) is 3.57. The van der Waals surface area contributed by atoms with Crippen LogP contribution in [-0.2, 0) is 10.2 Å². The molecule has 0 aromatic carbocycles. The first-order valence-corrected chi connectivity index (χ1v) is 8.31. The van der Waals surface area contributed by atoms with Crippen LogP contribution in [-0.4, -0.2) is 65.9 Å². The van der Waals surface area contributed by atoms with Gasteiger partial charge in [0.1, 0.15) is 0 Å². The van der Waals surface area contributed by atoms with Crippen LogP contribution in [0.3, 0.4) is 0 Å². The lowest BCUT2D eigenvalue weighted by Crippen LogP contribution is -2.52. The van der Waals surface area contributed by atoms with E-state index < -0.39 is 10.2 Å². The Bertz CT molecular complexity index is 334. The maximum Gasteiger partial charge on any atom is 0.282 e. The van der Waals surface area contributed by atoms with Gasteiger partial charge >= 0.3 is 0 Å². The molecule has 1 heterocycles. The first-order valence-electron chi connectivity index (χ1n) is 5.86. The summed E-state index contributed by atoms with van der Waals surface area (Å²) in [6.07, 6.45) is 0.474. The van der Waals surface area contributed by atoms with Gasteiger partial charge in [0.05, 0.1) is 0 Å². The van der Waals surface area contributed by atoms with E-state index in [2.05, 4.69) is 6.92 Å². The highest BCUT2D eigenvalue weighted by Crippen LogP contribution is 2.27. The van der Waals surface area contributed by atoms with Crippen molar-refractivity contribution >= 4 is 22.0 Å². The van der Waals surface area contributed by atoms with Crippen LogP contribution in [0.5, 0.6) is 0 Å². The van der Waals surface area contributed by atoms with Crippen LogP contribution in [0.2, 0.25) is 0 Å². The van der Waals surface area contributed by atoms with Crippen molar-refractivity contribution in [2.24, 2.45) is 0 Å². The molecule has 0 radical (unpaired) electrons. The van der Waals surface area contributed by atoms with Crippen LogP contribution in [0.25, 0.3) is 0 Å². The fraction of sp³-hybridized carbons (Fsp3) is 1.00. The quantitative estimate of drug-likeness (QED) is 0.791. The highest BCUT2D eigenvalue weighted by molar-refractivity contribution is 8.00. The number of aliphatic hydroxyl groups is 1. The van der Waals surface area contributed by atoms with E-state index in [0.717, 1.165) is 5.75 Å². The third-order valence-electron chi connectivity index (χ3n) is 3.15. The van der Waals surface area contributed by atoms with Crippen molar-refractivity contribution < 1.29 is 13.5 Å². The molecule has 7 heteroatoms. The monoisotopic (exact) mass is 282 g/mol. The van der Waals surface area contributed by atoms with Gasteiger partial charge in [-0.15, -0.1) is 0 Å². The van der Waals surface area contributed by atoms with E-state index in [1.165, 1.54) is 4.31 Å². The molecular weight excluding hydrogens is 260 g/mol. The van der Waals surface area contributed by atoms with Crippen molar-refractivity contribution in [2.45, 2.75) is 31.6 Å². The predicted octanol–water partition coefficient (Wildman–Crippen LogP) is 0.371. The van der Waals surface area contributed by atoms with Gasteiger partial charge in [0, 0.05) is 43.8 Å². The van der Waals surface area contributed by atoms with Crippen LogP contribution < -0.4 is 0 Å². The molecule has 1 aliphatic rings. The van der Waals surface area contributed by atoms with Gasteiger partial charge in [0.2, 0.25) is 0 Å². The molecule has 2 atom stereocenters. The van der Waals surface area contributed by atoms with Gasteiger partial charge in [-0.05, 0) is 13.3 Å².